The van der Waals surface area contributed by atoms with E-state index in [1.807, 2.05) is 0 Å². The summed E-state index contributed by atoms with van der Waals surface area (Å²) in [6.07, 6.45) is 0. The van der Waals surface area contributed by atoms with Crippen LogP contribution in [0.1, 0.15) is 5.56 Å². The summed E-state index contributed by atoms with van der Waals surface area (Å²) in [5.74, 6) is -0.507. The Morgan fingerprint density at radius 1 is 1.04 bits per heavy atom. The van der Waals surface area contributed by atoms with Gasteiger partial charge in [0.05, 0.1) is 10.6 Å². The van der Waals surface area contributed by atoms with E-state index in [9.17, 15) is 28.2 Å². The third-order valence-corrected chi connectivity index (χ3v) is 4.65. The second-order valence-electron chi connectivity index (χ2n) is 5.75. The summed E-state index contributed by atoms with van der Waals surface area (Å²) in [4.78, 5) is 9.94. The number of hydrogen-bond acceptors (Lipinski definition) is 7. The molecule has 0 bridgehead atoms. The lowest BCUT2D eigenvalue weighted by Crippen LogP contribution is -1.99. The lowest BCUT2D eigenvalue weighted by atomic mass is 10.1. The van der Waals surface area contributed by atoms with Crippen LogP contribution in [0.5, 0.6) is 5.75 Å². The van der Waals surface area contributed by atoms with Crippen LogP contribution in [0.15, 0.2) is 63.7 Å². The van der Waals surface area contributed by atoms with E-state index in [0.29, 0.717) is 5.56 Å². The monoisotopic (exact) mass is 387 g/mol. The molecule has 0 fully saturated rings. The van der Waals surface area contributed by atoms with Crippen molar-refractivity contribution in [3.8, 4) is 5.75 Å². The van der Waals surface area contributed by atoms with Crippen LogP contribution in [0, 0.1) is 17.0 Å². The van der Waals surface area contributed by atoms with Gasteiger partial charge in [-0.25, -0.2) is 0 Å². The summed E-state index contributed by atoms with van der Waals surface area (Å²) in [5, 5.41) is 29.4. The van der Waals surface area contributed by atoms with Crippen molar-refractivity contribution in [1.82, 2.24) is 0 Å². The van der Waals surface area contributed by atoms with Crippen LogP contribution in [-0.2, 0) is 10.1 Å². The summed E-state index contributed by atoms with van der Waals surface area (Å²) >= 11 is 0. The number of azo groups is 1. The molecule has 0 saturated heterocycles. The minimum absolute atomic E-state index is 0.0258. The average Bonchev–Trinajstić information content (AvgIpc) is 2.59. The van der Waals surface area contributed by atoms with Crippen molar-refractivity contribution < 1.29 is 23.0 Å². The molecule has 3 aromatic carbocycles. The van der Waals surface area contributed by atoms with E-state index in [0.717, 1.165) is 6.07 Å². The number of fused-ring (bicyclic) bond motifs is 1. The van der Waals surface area contributed by atoms with Crippen LogP contribution < -0.4 is 0 Å². The molecule has 0 spiro atoms. The van der Waals surface area contributed by atoms with Crippen LogP contribution in [0.3, 0.4) is 0 Å². The molecule has 0 unspecified atom stereocenters. The molecule has 0 heterocycles. The van der Waals surface area contributed by atoms with Crippen LogP contribution in [0.2, 0.25) is 0 Å². The lowest BCUT2D eigenvalue weighted by molar-refractivity contribution is -0.384. The molecule has 27 heavy (non-hydrogen) atoms. The van der Waals surface area contributed by atoms with E-state index in [1.165, 1.54) is 24.3 Å². The molecule has 9 nitrogen and oxygen atoms in total. The molecule has 2 N–H and O–H groups in total. The normalized spacial score (nSPS) is 11.9. The van der Waals surface area contributed by atoms with Gasteiger partial charge in [-0.1, -0.05) is 24.3 Å². The SMILES string of the molecule is Cc1cc(N=Nc2c(O)cc(S(=O)(=O)O)c3ccccc23)cc([N+](=O)[O-])c1. The minimum atomic E-state index is -4.56. The molecule has 0 aliphatic heterocycles. The maximum atomic E-state index is 11.6. The molecule has 10 heteroatoms. The van der Waals surface area contributed by atoms with Gasteiger partial charge in [0.2, 0.25) is 0 Å². The first-order chi connectivity index (χ1) is 12.7. The van der Waals surface area contributed by atoms with Gasteiger partial charge in [-0.2, -0.15) is 13.5 Å². The van der Waals surface area contributed by atoms with Crippen molar-refractivity contribution in [3.05, 3.63) is 64.2 Å². The number of aromatic hydroxyl groups is 1. The van der Waals surface area contributed by atoms with E-state index in [1.54, 1.807) is 25.1 Å². The van der Waals surface area contributed by atoms with E-state index in [2.05, 4.69) is 10.2 Å². The molecule has 0 amide bonds. The highest BCUT2D eigenvalue weighted by Gasteiger charge is 2.19. The van der Waals surface area contributed by atoms with Crippen molar-refractivity contribution in [2.45, 2.75) is 11.8 Å². The van der Waals surface area contributed by atoms with Gasteiger partial charge in [-0.3, -0.25) is 14.7 Å². The fraction of sp³-hybridized carbons (Fsp3) is 0.0588. The molecule has 0 saturated carbocycles. The largest absolute Gasteiger partial charge is 0.506 e. The highest BCUT2D eigenvalue weighted by Crippen LogP contribution is 2.40. The molecular weight excluding hydrogens is 374 g/mol. The van der Waals surface area contributed by atoms with Gasteiger partial charge < -0.3 is 5.11 Å². The standard InChI is InChI=1S/C17H13N3O6S/c1-10-6-11(8-12(7-10)20(22)23)18-19-17-14-5-3-2-4-13(14)16(9-15(17)21)27(24,25)26/h2-9,21H,1H3,(H,24,25,26). The first kappa shape index (κ1) is 18.4. The average molecular weight is 387 g/mol. The van der Waals surface area contributed by atoms with Crippen LogP contribution >= 0.6 is 0 Å². The number of rotatable bonds is 4. The summed E-state index contributed by atoms with van der Waals surface area (Å²) in [6.45, 7) is 1.67. The smallest absolute Gasteiger partial charge is 0.295 e. The van der Waals surface area contributed by atoms with Crippen LogP contribution in [0.4, 0.5) is 17.1 Å². The van der Waals surface area contributed by atoms with Gasteiger partial charge in [-0.15, -0.1) is 5.11 Å². The maximum Gasteiger partial charge on any atom is 0.295 e. The first-order valence-electron chi connectivity index (χ1n) is 7.57. The third kappa shape index (κ3) is 3.76. The second kappa shape index (κ2) is 6.74. The molecule has 0 aliphatic carbocycles. The van der Waals surface area contributed by atoms with Crippen molar-refractivity contribution in [2.75, 3.05) is 0 Å². The van der Waals surface area contributed by atoms with E-state index in [4.69, 9.17) is 0 Å². The Morgan fingerprint density at radius 3 is 2.33 bits per heavy atom. The molecule has 3 aromatic rings. The highest BCUT2D eigenvalue weighted by atomic mass is 32.2. The zero-order valence-electron chi connectivity index (χ0n) is 13.9. The van der Waals surface area contributed by atoms with Gasteiger partial charge in [-0.05, 0) is 18.6 Å². The zero-order chi connectivity index (χ0) is 19.8. The van der Waals surface area contributed by atoms with Crippen molar-refractivity contribution in [1.29, 1.82) is 0 Å². The zero-order valence-corrected chi connectivity index (χ0v) is 14.7. The Balaban J connectivity index is 2.18. The van der Waals surface area contributed by atoms with E-state index in [-0.39, 0.29) is 27.8 Å². The van der Waals surface area contributed by atoms with Crippen LogP contribution in [-0.4, -0.2) is 23.0 Å². The fourth-order valence-corrected chi connectivity index (χ4v) is 3.36. The quantitative estimate of drug-likeness (QED) is 0.293. The first-order valence-corrected chi connectivity index (χ1v) is 9.01. The number of phenols is 1. The van der Waals surface area contributed by atoms with Crippen molar-refractivity contribution in [2.24, 2.45) is 10.2 Å². The van der Waals surface area contributed by atoms with Gasteiger partial charge >= 0.3 is 0 Å². The number of benzene rings is 3. The maximum absolute atomic E-state index is 11.6. The van der Waals surface area contributed by atoms with Gasteiger partial charge in [0, 0.05) is 29.0 Å². The van der Waals surface area contributed by atoms with Gasteiger partial charge in [0.25, 0.3) is 15.8 Å². The molecule has 0 aromatic heterocycles. The Kier molecular flexibility index (Phi) is 4.60. The lowest BCUT2D eigenvalue weighted by Gasteiger charge is -2.08. The minimum Gasteiger partial charge on any atom is -0.506 e. The summed E-state index contributed by atoms with van der Waals surface area (Å²) in [7, 11) is -4.56. The van der Waals surface area contributed by atoms with E-state index >= 15 is 0 Å². The van der Waals surface area contributed by atoms with Crippen molar-refractivity contribution in [3.63, 3.8) is 0 Å². The Bertz CT molecular complexity index is 1200. The van der Waals surface area contributed by atoms with Gasteiger partial charge in [0.1, 0.15) is 16.3 Å². The number of non-ortho nitro benzene ring substituents is 1. The molecule has 0 radical (unpaired) electrons. The molecule has 3 rings (SSSR count). The van der Waals surface area contributed by atoms with Gasteiger partial charge in [0.15, 0.2) is 0 Å². The topological polar surface area (TPSA) is 142 Å². The Labute approximate surface area is 153 Å². The number of nitro groups is 1. The number of nitro benzene ring substituents is 1. The predicted molar refractivity (Wildman–Crippen MR) is 97.4 cm³/mol. The summed E-state index contributed by atoms with van der Waals surface area (Å²) in [6, 6.07) is 11.2. The Hall–Kier alpha value is -3.37. The number of aryl methyl sites for hydroxylation is 1. The number of hydrogen-bond donors (Lipinski definition) is 2. The summed E-state index contributed by atoms with van der Waals surface area (Å²) < 4.78 is 32.5. The van der Waals surface area contributed by atoms with E-state index < -0.39 is 25.7 Å². The molecular formula is C17H13N3O6S. The second-order valence-corrected chi connectivity index (χ2v) is 7.14. The van der Waals surface area contributed by atoms with Crippen LogP contribution in [0.25, 0.3) is 10.8 Å². The number of phenolic OH excluding ortho intramolecular Hbond substituents is 1. The molecule has 138 valence electrons. The highest BCUT2D eigenvalue weighted by molar-refractivity contribution is 7.86. The third-order valence-electron chi connectivity index (χ3n) is 3.76. The molecule has 0 atom stereocenters. The number of nitrogens with zero attached hydrogens (tertiary/aromatic N) is 3. The van der Waals surface area contributed by atoms with Crippen molar-refractivity contribution >= 4 is 38.0 Å². The molecule has 0 aliphatic rings. The fourth-order valence-electron chi connectivity index (χ4n) is 2.65. The summed E-state index contributed by atoms with van der Waals surface area (Å²) in [5.41, 5.74) is 0.625. The Morgan fingerprint density at radius 2 is 1.70 bits per heavy atom. The predicted octanol–water partition coefficient (Wildman–Crippen LogP) is 4.42.